The van der Waals surface area contributed by atoms with E-state index >= 15 is 0 Å². The molecule has 118 valence electrons. The van der Waals surface area contributed by atoms with E-state index in [9.17, 15) is 0 Å². The Bertz CT molecular complexity index is 742. The Morgan fingerprint density at radius 2 is 2.13 bits per heavy atom. The summed E-state index contributed by atoms with van der Waals surface area (Å²) < 4.78 is 11.7. The third-order valence-corrected chi connectivity index (χ3v) is 4.70. The highest BCUT2D eigenvalue weighted by atomic mass is 32.1. The van der Waals surface area contributed by atoms with Crippen LogP contribution in [0.2, 0.25) is 0 Å². The second-order valence-electron chi connectivity index (χ2n) is 5.46. The quantitative estimate of drug-likeness (QED) is 0.735. The van der Waals surface area contributed by atoms with Crippen molar-refractivity contribution in [1.82, 2.24) is 14.9 Å². The predicted molar refractivity (Wildman–Crippen MR) is 88.0 cm³/mol. The van der Waals surface area contributed by atoms with E-state index in [1.165, 1.54) is 0 Å². The van der Waals surface area contributed by atoms with Crippen molar-refractivity contribution in [2.45, 2.75) is 12.6 Å². The van der Waals surface area contributed by atoms with E-state index in [-0.39, 0.29) is 6.10 Å². The molecule has 5 nitrogen and oxygen atoms in total. The van der Waals surface area contributed by atoms with E-state index in [2.05, 4.69) is 14.9 Å². The van der Waals surface area contributed by atoms with Gasteiger partial charge in [-0.2, -0.15) is 0 Å². The lowest BCUT2D eigenvalue weighted by Gasteiger charge is -2.31. The van der Waals surface area contributed by atoms with Gasteiger partial charge in [0.1, 0.15) is 16.9 Å². The number of nitrogens with zero attached hydrogens (tertiary/aromatic N) is 3. The number of ether oxygens (including phenoxy) is 1. The van der Waals surface area contributed by atoms with Gasteiger partial charge in [0, 0.05) is 30.2 Å². The normalized spacial score (nSPS) is 19.0. The first-order valence-electron chi connectivity index (χ1n) is 7.62. The molecule has 3 heterocycles. The first-order chi connectivity index (χ1) is 11.4. The van der Waals surface area contributed by atoms with Gasteiger partial charge in [0.2, 0.25) is 5.89 Å². The lowest BCUT2D eigenvalue weighted by atomic mass is 10.2. The highest BCUT2D eigenvalue weighted by molar-refractivity contribution is 7.09. The summed E-state index contributed by atoms with van der Waals surface area (Å²) in [6.45, 7) is 3.17. The monoisotopic (exact) mass is 327 g/mol. The molecular weight excluding hydrogens is 310 g/mol. The summed E-state index contributed by atoms with van der Waals surface area (Å²) in [6.07, 6.45) is 3.70. The molecular formula is C17H17N3O2S. The molecule has 4 rings (SSSR count). The third-order valence-electron chi connectivity index (χ3n) is 3.83. The van der Waals surface area contributed by atoms with Crippen LogP contribution < -0.4 is 0 Å². The lowest BCUT2D eigenvalue weighted by molar-refractivity contribution is -0.0347. The number of hydrogen-bond donors (Lipinski definition) is 0. The number of benzene rings is 1. The fourth-order valence-corrected chi connectivity index (χ4v) is 3.38. The molecule has 0 spiro atoms. The molecule has 0 N–H and O–H groups in total. The minimum Gasteiger partial charge on any atom is -0.440 e. The zero-order chi connectivity index (χ0) is 15.5. The van der Waals surface area contributed by atoms with Crippen LogP contribution in [0.3, 0.4) is 0 Å². The van der Waals surface area contributed by atoms with Crippen LogP contribution in [0.4, 0.5) is 0 Å². The smallest absolute Gasteiger partial charge is 0.226 e. The largest absolute Gasteiger partial charge is 0.440 e. The van der Waals surface area contributed by atoms with Crippen LogP contribution in [0.25, 0.3) is 11.5 Å². The zero-order valence-electron chi connectivity index (χ0n) is 12.6. The summed E-state index contributed by atoms with van der Waals surface area (Å²) in [5, 5.41) is 3.03. The van der Waals surface area contributed by atoms with Crippen molar-refractivity contribution in [2.24, 2.45) is 0 Å². The van der Waals surface area contributed by atoms with Gasteiger partial charge in [-0.1, -0.05) is 18.2 Å². The third kappa shape index (κ3) is 3.34. The van der Waals surface area contributed by atoms with Gasteiger partial charge < -0.3 is 9.15 Å². The molecule has 1 unspecified atom stereocenters. The molecule has 23 heavy (non-hydrogen) atoms. The van der Waals surface area contributed by atoms with Gasteiger partial charge in [0.05, 0.1) is 19.3 Å². The summed E-state index contributed by atoms with van der Waals surface area (Å²) in [5.74, 6) is 1.55. The maximum atomic E-state index is 5.89. The molecule has 1 aliphatic heterocycles. The summed E-state index contributed by atoms with van der Waals surface area (Å²) in [6, 6.07) is 9.96. The van der Waals surface area contributed by atoms with Gasteiger partial charge in [-0.15, -0.1) is 11.3 Å². The average Bonchev–Trinajstić information content (AvgIpc) is 3.28. The number of aromatic nitrogens is 2. The van der Waals surface area contributed by atoms with Gasteiger partial charge in [-0.25, -0.2) is 9.97 Å². The maximum Gasteiger partial charge on any atom is 0.226 e. The van der Waals surface area contributed by atoms with E-state index in [4.69, 9.17) is 9.15 Å². The van der Waals surface area contributed by atoms with E-state index in [0.717, 1.165) is 36.0 Å². The number of thiazole rings is 1. The fraction of sp³-hybridized carbons (Fsp3) is 0.294. The Hall–Kier alpha value is -2.02. The maximum absolute atomic E-state index is 5.89. The molecule has 0 saturated carbocycles. The molecule has 2 aromatic heterocycles. The second kappa shape index (κ2) is 6.62. The van der Waals surface area contributed by atoms with Crippen LogP contribution in [-0.4, -0.2) is 34.6 Å². The molecule has 0 aliphatic carbocycles. The van der Waals surface area contributed by atoms with E-state index in [1.54, 1.807) is 11.3 Å². The molecule has 1 aromatic carbocycles. The Morgan fingerprint density at radius 1 is 1.22 bits per heavy atom. The fourth-order valence-electron chi connectivity index (χ4n) is 2.70. The molecule has 0 radical (unpaired) electrons. The summed E-state index contributed by atoms with van der Waals surface area (Å²) in [5.41, 5.74) is 1.00. The van der Waals surface area contributed by atoms with Crippen molar-refractivity contribution in [3.63, 3.8) is 0 Å². The first kappa shape index (κ1) is 14.6. The number of oxazole rings is 1. The van der Waals surface area contributed by atoms with Gasteiger partial charge in [-0.3, -0.25) is 4.90 Å². The molecule has 0 amide bonds. The Kier molecular flexibility index (Phi) is 4.19. The van der Waals surface area contributed by atoms with Crippen LogP contribution >= 0.6 is 11.3 Å². The molecule has 1 aliphatic rings. The lowest BCUT2D eigenvalue weighted by Crippen LogP contribution is -2.37. The topological polar surface area (TPSA) is 51.4 Å². The van der Waals surface area contributed by atoms with Crippen LogP contribution in [0.15, 0.2) is 52.5 Å². The average molecular weight is 327 g/mol. The highest BCUT2D eigenvalue weighted by Gasteiger charge is 2.24. The Balaban J connectivity index is 1.43. The minimum atomic E-state index is 0.0558. The van der Waals surface area contributed by atoms with Crippen molar-refractivity contribution in [1.29, 1.82) is 0 Å². The van der Waals surface area contributed by atoms with Crippen LogP contribution in [0, 0.1) is 0 Å². The summed E-state index contributed by atoms with van der Waals surface area (Å²) >= 11 is 1.64. The van der Waals surface area contributed by atoms with Crippen LogP contribution in [-0.2, 0) is 11.3 Å². The number of morpholine rings is 1. The molecule has 0 bridgehead atoms. The zero-order valence-corrected chi connectivity index (χ0v) is 13.4. The number of hydrogen-bond acceptors (Lipinski definition) is 6. The van der Waals surface area contributed by atoms with Crippen LogP contribution in [0.1, 0.15) is 16.9 Å². The van der Waals surface area contributed by atoms with Crippen molar-refractivity contribution in [3.8, 4) is 11.5 Å². The van der Waals surface area contributed by atoms with Crippen molar-refractivity contribution < 1.29 is 9.15 Å². The molecule has 6 heteroatoms. The summed E-state index contributed by atoms with van der Waals surface area (Å²) in [4.78, 5) is 11.1. The van der Waals surface area contributed by atoms with Gasteiger partial charge >= 0.3 is 0 Å². The van der Waals surface area contributed by atoms with Gasteiger partial charge in [-0.05, 0) is 12.1 Å². The van der Waals surface area contributed by atoms with Crippen molar-refractivity contribution >= 4 is 11.3 Å². The number of rotatable bonds is 4. The Labute approximate surface area is 138 Å². The van der Waals surface area contributed by atoms with E-state index in [1.807, 2.05) is 48.1 Å². The highest BCUT2D eigenvalue weighted by Crippen LogP contribution is 2.25. The summed E-state index contributed by atoms with van der Waals surface area (Å²) in [7, 11) is 0. The first-order valence-corrected chi connectivity index (χ1v) is 8.50. The Morgan fingerprint density at radius 3 is 2.96 bits per heavy atom. The molecule has 3 aromatic rings. The minimum absolute atomic E-state index is 0.0558. The van der Waals surface area contributed by atoms with Crippen molar-refractivity contribution in [3.05, 3.63) is 58.9 Å². The standard InChI is InChI=1S/C17H17N3O2S/c1-2-4-13(5-3-1)16-19-10-14(22-16)11-20-7-8-21-15(12-20)17-18-6-9-23-17/h1-6,9-10,15H,7-8,11-12H2. The second-order valence-corrected chi connectivity index (χ2v) is 6.39. The molecule has 1 fully saturated rings. The van der Waals surface area contributed by atoms with Gasteiger partial charge in [0.25, 0.3) is 0 Å². The van der Waals surface area contributed by atoms with Gasteiger partial charge in [0.15, 0.2) is 0 Å². The molecule has 1 saturated heterocycles. The van der Waals surface area contributed by atoms with Crippen molar-refractivity contribution in [2.75, 3.05) is 19.7 Å². The predicted octanol–water partition coefficient (Wildman–Crippen LogP) is 3.37. The van der Waals surface area contributed by atoms with E-state index in [0.29, 0.717) is 12.5 Å². The molecule has 1 atom stereocenters. The SMILES string of the molecule is c1ccc(-c2ncc(CN3CCOC(c4nccs4)C3)o2)cc1. The van der Waals surface area contributed by atoms with Crippen LogP contribution in [0.5, 0.6) is 0 Å². The van der Waals surface area contributed by atoms with E-state index < -0.39 is 0 Å².